The average molecular weight is 370 g/mol. The Morgan fingerprint density at radius 3 is 1.57 bits per heavy atom. The van der Waals surface area contributed by atoms with E-state index in [1.54, 1.807) is 24.3 Å². The fraction of sp³-hybridized carbons (Fsp3) is 0.190. The molecule has 0 amide bonds. The predicted octanol–water partition coefficient (Wildman–Crippen LogP) is 7.04. The molecule has 7 heteroatoms. The molecule has 1 aliphatic carbocycles. The Kier molecular flexibility index (Phi) is 5.92. The minimum absolute atomic E-state index is 0.0522. The first-order valence-corrected chi connectivity index (χ1v) is 8.85. The van der Waals surface area contributed by atoms with Crippen LogP contribution in [0.25, 0.3) is 33.0 Å². The number of hydrogen-bond acceptors (Lipinski definition) is 3. The van der Waals surface area contributed by atoms with Crippen molar-refractivity contribution in [3.8, 4) is 0 Å². The molecule has 0 atom stereocenters. The molecule has 0 aromatic heterocycles. The Morgan fingerprint density at radius 1 is 0.821 bits per heavy atom. The van der Waals surface area contributed by atoms with Gasteiger partial charge in [0.05, 0.1) is 0 Å². The van der Waals surface area contributed by atoms with E-state index in [0.717, 1.165) is 35.1 Å². The number of benzene rings is 2. The van der Waals surface area contributed by atoms with Crippen LogP contribution in [0, 0.1) is 5.92 Å². The van der Waals surface area contributed by atoms with Crippen LogP contribution in [-0.2, 0) is 4.79 Å². The smallest absolute Gasteiger partial charge is 0.185 e. The van der Waals surface area contributed by atoms with Gasteiger partial charge in [-0.15, -0.1) is 0 Å². The number of Topliss-reactive ketones (excluding diaryl/α,β-unsaturated/α-hetero) is 1. The zero-order valence-electron chi connectivity index (χ0n) is 15.4. The largest absolute Gasteiger partial charge is 0.289 e. The summed E-state index contributed by atoms with van der Waals surface area (Å²) in [5.74, 6) is 0.413. The Balaban J connectivity index is 1.87. The van der Waals surface area contributed by atoms with Gasteiger partial charge in [-0.1, -0.05) is 65.7 Å². The lowest BCUT2D eigenvalue weighted by Crippen LogP contribution is -2.18. The molecule has 2 aromatic carbocycles. The quantitative estimate of drug-likeness (QED) is 0.244. The van der Waals surface area contributed by atoms with Crippen LogP contribution in [0.3, 0.4) is 0 Å². The monoisotopic (exact) mass is 370 g/mol. The summed E-state index contributed by atoms with van der Waals surface area (Å²) in [7, 11) is 0. The second kappa shape index (κ2) is 8.73. The molecular weight excluding hydrogens is 352 g/mol. The van der Waals surface area contributed by atoms with Crippen LogP contribution >= 0.6 is 0 Å². The maximum Gasteiger partial charge on any atom is 0.185 e. The minimum atomic E-state index is 0.0522. The molecule has 138 valence electrons. The summed E-state index contributed by atoms with van der Waals surface area (Å²) in [5, 5.41) is 7.11. The van der Waals surface area contributed by atoms with Crippen LogP contribution in [0.4, 0.5) is 11.4 Å². The third-order valence-electron chi connectivity index (χ3n) is 4.51. The lowest BCUT2D eigenvalue weighted by atomic mass is 9.81. The fourth-order valence-corrected chi connectivity index (χ4v) is 3.24. The van der Waals surface area contributed by atoms with E-state index in [2.05, 4.69) is 27.0 Å². The number of rotatable bonds is 4. The highest BCUT2D eigenvalue weighted by Gasteiger charge is 2.25. The van der Waals surface area contributed by atoms with Gasteiger partial charge in [-0.3, -0.25) is 4.79 Å². The Labute approximate surface area is 162 Å². The first-order chi connectivity index (χ1) is 13.6. The van der Waals surface area contributed by atoms with Crippen molar-refractivity contribution in [2.45, 2.75) is 19.8 Å². The first kappa shape index (κ1) is 19.0. The van der Waals surface area contributed by atoms with Crippen molar-refractivity contribution >= 4 is 29.3 Å². The molecule has 0 saturated heterocycles. The minimum Gasteiger partial charge on any atom is -0.289 e. The van der Waals surface area contributed by atoms with E-state index in [0.29, 0.717) is 17.3 Å². The Hall–Kier alpha value is -3.79. The van der Waals surface area contributed by atoms with E-state index in [4.69, 9.17) is 11.1 Å². The zero-order valence-corrected chi connectivity index (χ0v) is 15.4. The molecule has 1 fully saturated rings. The van der Waals surface area contributed by atoms with Gasteiger partial charge in [0.1, 0.15) is 0 Å². The number of allylic oxidation sites excluding steroid dienone is 2. The maximum absolute atomic E-state index is 12.9. The number of nitrogens with zero attached hydrogens (tertiary/aromatic N) is 6. The molecule has 0 N–H and O–H groups in total. The molecule has 0 bridgehead atoms. The van der Waals surface area contributed by atoms with Crippen LogP contribution in [0.15, 0.2) is 69.9 Å². The summed E-state index contributed by atoms with van der Waals surface area (Å²) >= 11 is 0. The summed E-state index contributed by atoms with van der Waals surface area (Å²) < 4.78 is 0. The average Bonchev–Trinajstić information content (AvgIpc) is 2.69. The fourth-order valence-electron chi connectivity index (χ4n) is 3.24. The number of carbonyl (C=O) groups is 1. The van der Waals surface area contributed by atoms with Crippen molar-refractivity contribution in [2.75, 3.05) is 0 Å². The number of azide groups is 2. The molecule has 3 rings (SSSR count). The summed E-state index contributed by atoms with van der Waals surface area (Å²) in [6.07, 6.45) is 5.25. The third kappa shape index (κ3) is 4.68. The summed E-state index contributed by atoms with van der Waals surface area (Å²) in [5.41, 5.74) is 21.4. The molecule has 7 nitrogen and oxygen atoms in total. The SMILES string of the molecule is CC1C/C(=C/c2ccc(N=[N+]=[N-])cc2)C(=O)/C(=C\c2ccc(N=[N+]=[N-])cc2)C1. The summed E-state index contributed by atoms with van der Waals surface area (Å²) in [4.78, 5) is 18.5. The lowest BCUT2D eigenvalue weighted by molar-refractivity contribution is -0.113. The van der Waals surface area contributed by atoms with E-state index in [9.17, 15) is 4.79 Å². The van der Waals surface area contributed by atoms with Gasteiger partial charge in [-0.2, -0.15) is 0 Å². The van der Waals surface area contributed by atoms with Gasteiger partial charge in [0, 0.05) is 32.3 Å². The van der Waals surface area contributed by atoms with E-state index >= 15 is 0 Å². The van der Waals surface area contributed by atoms with Gasteiger partial charge in [0.2, 0.25) is 0 Å². The van der Waals surface area contributed by atoms with E-state index in [-0.39, 0.29) is 5.78 Å². The van der Waals surface area contributed by atoms with Crippen molar-refractivity contribution in [1.82, 2.24) is 0 Å². The Morgan fingerprint density at radius 2 is 1.21 bits per heavy atom. The molecule has 0 spiro atoms. The second-order valence-corrected chi connectivity index (χ2v) is 6.74. The van der Waals surface area contributed by atoms with Crippen molar-refractivity contribution < 1.29 is 4.79 Å². The van der Waals surface area contributed by atoms with Crippen molar-refractivity contribution in [2.24, 2.45) is 16.1 Å². The highest BCUT2D eigenvalue weighted by atomic mass is 16.1. The Bertz CT molecular complexity index is 954. The maximum atomic E-state index is 12.9. The molecular formula is C21H18N6O. The number of ketones is 1. The second-order valence-electron chi connectivity index (χ2n) is 6.74. The topological polar surface area (TPSA) is 115 Å². The van der Waals surface area contributed by atoms with Crippen molar-refractivity contribution in [3.05, 3.63) is 91.7 Å². The third-order valence-corrected chi connectivity index (χ3v) is 4.51. The molecule has 0 aliphatic heterocycles. The highest BCUT2D eigenvalue weighted by Crippen LogP contribution is 2.32. The van der Waals surface area contributed by atoms with Gasteiger partial charge in [0.25, 0.3) is 0 Å². The van der Waals surface area contributed by atoms with Gasteiger partial charge in [-0.25, -0.2) is 0 Å². The molecule has 1 saturated carbocycles. The highest BCUT2D eigenvalue weighted by molar-refractivity contribution is 6.14. The molecule has 0 radical (unpaired) electrons. The van der Waals surface area contributed by atoms with E-state index in [1.165, 1.54) is 0 Å². The molecule has 1 aliphatic rings. The van der Waals surface area contributed by atoms with Crippen molar-refractivity contribution in [3.63, 3.8) is 0 Å². The van der Waals surface area contributed by atoms with Gasteiger partial charge < -0.3 is 0 Å². The first-order valence-electron chi connectivity index (χ1n) is 8.85. The van der Waals surface area contributed by atoms with Gasteiger partial charge in [-0.05, 0) is 53.1 Å². The standard InChI is InChI=1S/C21H18N6O/c1-14-10-17(12-15-2-6-19(7-3-15)24-26-22)21(28)18(11-14)13-16-4-8-20(9-5-16)25-27-23/h2-9,12-14H,10-11H2,1H3/b17-12-,18-13-. The van der Waals surface area contributed by atoms with Crippen LogP contribution in [-0.4, -0.2) is 5.78 Å². The lowest BCUT2D eigenvalue weighted by Gasteiger charge is -2.22. The molecule has 0 unspecified atom stereocenters. The number of carbonyl (C=O) groups excluding carboxylic acids is 1. The van der Waals surface area contributed by atoms with Crippen molar-refractivity contribution in [1.29, 1.82) is 0 Å². The summed E-state index contributed by atoms with van der Waals surface area (Å²) in [6.45, 7) is 2.13. The van der Waals surface area contributed by atoms with Gasteiger partial charge in [0.15, 0.2) is 5.78 Å². The van der Waals surface area contributed by atoms with Crippen LogP contribution in [0.1, 0.15) is 30.9 Å². The van der Waals surface area contributed by atoms with Crippen LogP contribution in [0.5, 0.6) is 0 Å². The zero-order chi connectivity index (χ0) is 19.9. The van der Waals surface area contributed by atoms with E-state index < -0.39 is 0 Å². The van der Waals surface area contributed by atoms with Crippen LogP contribution < -0.4 is 0 Å². The van der Waals surface area contributed by atoms with E-state index in [1.807, 2.05) is 36.4 Å². The molecule has 0 heterocycles. The molecule has 28 heavy (non-hydrogen) atoms. The van der Waals surface area contributed by atoms with Gasteiger partial charge >= 0.3 is 0 Å². The van der Waals surface area contributed by atoms with Crippen LogP contribution in [0.2, 0.25) is 0 Å². The summed E-state index contributed by atoms with van der Waals surface area (Å²) in [6, 6.07) is 14.2. The predicted molar refractivity (Wildman–Crippen MR) is 110 cm³/mol. The normalized spacial score (nSPS) is 19.2. The number of hydrogen-bond donors (Lipinski definition) is 0. The molecule has 2 aromatic rings.